The average molecular weight is 390 g/mol. The van der Waals surface area contributed by atoms with Gasteiger partial charge in [0.25, 0.3) is 5.91 Å². The number of benzene rings is 2. The molecule has 1 aliphatic heterocycles. The van der Waals surface area contributed by atoms with Crippen molar-refractivity contribution in [2.24, 2.45) is 0 Å². The van der Waals surface area contributed by atoms with Crippen molar-refractivity contribution >= 4 is 11.9 Å². The molecule has 1 fully saturated rings. The summed E-state index contributed by atoms with van der Waals surface area (Å²) in [5, 5.41) is 2.85. The van der Waals surface area contributed by atoms with Crippen LogP contribution in [0.15, 0.2) is 48.5 Å². The van der Waals surface area contributed by atoms with Gasteiger partial charge in [-0.05, 0) is 48.1 Å². The van der Waals surface area contributed by atoms with Crippen LogP contribution in [0.2, 0.25) is 0 Å². The molecule has 0 radical (unpaired) electrons. The molecule has 1 heterocycles. The van der Waals surface area contributed by atoms with Gasteiger partial charge in [-0.25, -0.2) is 4.79 Å². The maximum Gasteiger partial charge on any atom is 0.573 e. The van der Waals surface area contributed by atoms with Crippen LogP contribution in [0.1, 0.15) is 29.5 Å². The molecule has 2 aliphatic rings. The van der Waals surface area contributed by atoms with E-state index in [9.17, 15) is 22.8 Å². The summed E-state index contributed by atoms with van der Waals surface area (Å²) in [4.78, 5) is 26.8. The molecule has 0 aromatic heterocycles. The van der Waals surface area contributed by atoms with Gasteiger partial charge in [-0.1, -0.05) is 36.4 Å². The summed E-state index contributed by atoms with van der Waals surface area (Å²) < 4.78 is 40.6. The molecule has 1 spiro atoms. The summed E-state index contributed by atoms with van der Waals surface area (Å²) in [6, 6.07) is 12.2. The average Bonchev–Trinajstić information content (AvgIpc) is 2.87. The molecule has 1 atom stereocenters. The number of imide groups is 1. The highest BCUT2D eigenvalue weighted by atomic mass is 19.4. The summed E-state index contributed by atoms with van der Waals surface area (Å²) in [5.41, 5.74) is 1.32. The molecule has 1 saturated heterocycles. The largest absolute Gasteiger partial charge is 0.573 e. The van der Waals surface area contributed by atoms with Gasteiger partial charge in [-0.15, -0.1) is 13.2 Å². The van der Waals surface area contributed by atoms with Crippen LogP contribution in [0.3, 0.4) is 0 Å². The number of hydrogen-bond donors (Lipinski definition) is 1. The summed E-state index contributed by atoms with van der Waals surface area (Å²) in [6.45, 7) is -0.0269. The maximum atomic E-state index is 13.2. The van der Waals surface area contributed by atoms with E-state index in [1.165, 1.54) is 12.1 Å². The van der Waals surface area contributed by atoms with Gasteiger partial charge < -0.3 is 10.1 Å². The third-order valence-electron chi connectivity index (χ3n) is 5.15. The van der Waals surface area contributed by atoms with Gasteiger partial charge in [0.2, 0.25) is 0 Å². The fourth-order valence-electron chi connectivity index (χ4n) is 3.93. The van der Waals surface area contributed by atoms with Gasteiger partial charge in [0.15, 0.2) is 0 Å². The normalized spacial score (nSPS) is 21.6. The van der Waals surface area contributed by atoms with E-state index >= 15 is 0 Å². The Bertz CT molecular complexity index is 927. The van der Waals surface area contributed by atoms with Gasteiger partial charge in [0.1, 0.15) is 11.3 Å². The molecule has 1 aliphatic carbocycles. The van der Waals surface area contributed by atoms with Gasteiger partial charge >= 0.3 is 12.4 Å². The molecule has 5 nitrogen and oxygen atoms in total. The van der Waals surface area contributed by atoms with E-state index in [1.807, 2.05) is 24.3 Å². The van der Waals surface area contributed by atoms with Gasteiger partial charge in [-0.2, -0.15) is 0 Å². The molecular formula is C20H17F3N2O3. The first-order chi connectivity index (χ1) is 13.3. The Balaban J connectivity index is 1.56. The minimum atomic E-state index is -4.77. The maximum absolute atomic E-state index is 13.2. The third-order valence-corrected chi connectivity index (χ3v) is 5.15. The minimum Gasteiger partial charge on any atom is -0.406 e. The van der Waals surface area contributed by atoms with E-state index < -0.39 is 17.9 Å². The lowest BCUT2D eigenvalue weighted by molar-refractivity contribution is -0.274. The molecule has 146 valence electrons. The van der Waals surface area contributed by atoms with Gasteiger partial charge in [0.05, 0.1) is 6.54 Å². The monoisotopic (exact) mass is 390 g/mol. The lowest BCUT2D eigenvalue weighted by Crippen LogP contribution is -2.46. The number of aryl methyl sites for hydroxylation is 1. The Morgan fingerprint density at radius 3 is 2.50 bits per heavy atom. The van der Waals surface area contributed by atoms with E-state index in [0.717, 1.165) is 41.0 Å². The molecule has 28 heavy (non-hydrogen) atoms. The molecule has 1 N–H and O–H groups in total. The van der Waals surface area contributed by atoms with Crippen molar-refractivity contribution in [3.63, 3.8) is 0 Å². The number of alkyl halides is 3. The first kappa shape index (κ1) is 18.3. The molecular weight excluding hydrogens is 373 g/mol. The Morgan fingerprint density at radius 2 is 1.79 bits per heavy atom. The number of halogens is 3. The number of fused-ring (bicyclic) bond motifs is 2. The zero-order chi connectivity index (χ0) is 19.9. The van der Waals surface area contributed by atoms with Crippen molar-refractivity contribution in [2.75, 3.05) is 0 Å². The van der Waals surface area contributed by atoms with Gasteiger partial charge in [-0.3, -0.25) is 9.69 Å². The Labute approximate surface area is 159 Å². The number of nitrogens with one attached hydrogen (secondary N) is 1. The molecule has 8 heteroatoms. The lowest BCUT2D eigenvalue weighted by atomic mass is 9.76. The van der Waals surface area contributed by atoms with E-state index in [1.54, 1.807) is 0 Å². The lowest BCUT2D eigenvalue weighted by Gasteiger charge is -2.33. The topological polar surface area (TPSA) is 58.6 Å². The van der Waals surface area contributed by atoms with Gasteiger partial charge in [0, 0.05) is 0 Å². The highest BCUT2D eigenvalue weighted by Gasteiger charge is 2.53. The van der Waals surface area contributed by atoms with Crippen LogP contribution in [0.5, 0.6) is 5.75 Å². The van der Waals surface area contributed by atoms with Crippen molar-refractivity contribution in [3.05, 3.63) is 65.2 Å². The second-order valence-electron chi connectivity index (χ2n) is 6.93. The first-order valence-electron chi connectivity index (χ1n) is 8.86. The number of carbonyl (C=O) groups excluding carboxylic acids is 2. The number of ether oxygens (including phenoxy) is 1. The number of urea groups is 1. The molecule has 2 aromatic rings. The molecule has 1 unspecified atom stereocenters. The van der Waals surface area contributed by atoms with E-state index in [-0.39, 0.29) is 18.2 Å². The number of hydrogen-bond acceptors (Lipinski definition) is 3. The second kappa shape index (κ2) is 6.54. The highest BCUT2D eigenvalue weighted by Crippen LogP contribution is 2.40. The predicted octanol–water partition coefficient (Wildman–Crippen LogP) is 3.87. The Kier molecular flexibility index (Phi) is 4.28. The van der Waals surface area contributed by atoms with Crippen molar-refractivity contribution < 1.29 is 27.5 Å². The van der Waals surface area contributed by atoms with E-state index in [4.69, 9.17) is 0 Å². The fraction of sp³-hybridized carbons (Fsp3) is 0.300. The third kappa shape index (κ3) is 3.19. The summed E-state index contributed by atoms with van der Waals surface area (Å²) in [7, 11) is 0. The molecule has 4 rings (SSSR count). The Hall–Kier alpha value is -3.03. The van der Waals surface area contributed by atoms with Crippen LogP contribution >= 0.6 is 0 Å². The van der Waals surface area contributed by atoms with Crippen molar-refractivity contribution in [3.8, 4) is 5.75 Å². The fourth-order valence-corrected chi connectivity index (χ4v) is 3.93. The minimum absolute atomic E-state index is 0.0269. The SMILES string of the molecule is O=C1NC2(CCCc3ccccc32)C(=O)N1Cc1ccc(OC(F)(F)F)cc1. The van der Waals surface area contributed by atoms with Crippen molar-refractivity contribution in [1.82, 2.24) is 10.2 Å². The van der Waals surface area contributed by atoms with Crippen LogP contribution in [-0.2, 0) is 23.3 Å². The number of amides is 3. The molecule has 2 aromatic carbocycles. The Morgan fingerprint density at radius 1 is 1.07 bits per heavy atom. The summed E-state index contributed by atoms with van der Waals surface area (Å²) in [6.07, 6.45) is -2.63. The van der Waals surface area contributed by atoms with Crippen molar-refractivity contribution in [1.29, 1.82) is 0 Å². The molecule has 3 amide bonds. The first-order valence-corrected chi connectivity index (χ1v) is 8.86. The summed E-state index contributed by atoms with van der Waals surface area (Å²) >= 11 is 0. The molecule has 0 saturated carbocycles. The number of nitrogens with zero attached hydrogens (tertiary/aromatic N) is 1. The van der Waals surface area contributed by atoms with Crippen LogP contribution in [0.4, 0.5) is 18.0 Å². The van der Waals surface area contributed by atoms with Crippen LogP contribution in [-0.4, -0.2) is 23.2 Å². The summed E-state index contributed by atoms with van der Waals surface area (Å²) in [5.74, 6) is -0.689. The molecule has 0 bridgehead atoms. The zero-order valence-electron chi connectivity index (χ0n) is 14.8. The van der Waals surface area contributed by atoms with Crippen LogP contribution < -0.4 is 10.1 Å². The standard InChI is InChI=1S/C20H17F3N2O3/c21-20(22,23)28-15-9-7-13(8-10-15)12-25-17(26)19(24-18(25)27)11-3-5-14-4-1-2-6-16(14)19/h1-2,4,6-10H,3,5,11-12H2,(H,24,27). The smallest absolute Gasteiger partial charge is 0.406 e. The van der Waals surface area contributed by atoms with Crippen molar-refractivity contribution in [2.45, 2.75) is 37.7 Å². The van der Waals surface area contributed by atoms with Crippen LogP contribution in [0, 0.1) is 0 Å². The zero-order valence-corrected chi connectivity index (χ0v) is 14.8. The number of rotatable bonds is 3. The second-order valence-corrected chi connectivity index (χ2v) is 6.93. The predicted molar refractivity (Wildman–Crippen MR) is 93.3 cm³/mol. The van der Waals surface area contributed by atoms with E-state index in [2.05, 4.69) is 10.1 Å². The quantitative estimate of drug-likeness (QED) is 0.810. The van der Waals surface area contributed by atoms with Crippen LogP contribution in [0.25, 0.3) is 0 Å². The highest BCUT2D eigenvalue weighted by molar-refractivity contribution is 6.07. The number of carbonyl (C=O) groups is 2. The van der Waals surface area contributed by atoms with E-state index in [0.29, 0.717) is 12.0 Å².